The third kappa shape index (κ3) is 2.05. The molecule has 5 nitrogen and oxygen atoms in total. The second kappa shape index (κ2) is 3.16. The topological polar surface area (TPSA) is 68.0 Å². The molecule has 1 heterocycles. The van der Waals surface area contributed by atoms with Crippen LogP contribution in [0.15, 0.2) is 6.33 Å². The minimum Gasteiger partial charge on any atom is -0.481 e. The Morgan fingerprint density at radius 2 is 2.46 bits per heavy atom. The molecule has 0 spiro atoms. The van der Waals surface area contributed by atoms with Gasteiger partial charge in [0.05, 0.1) is 13.0 Å². The summed E-state index contributed by atoms with van der Waals surface area (Å²) in [5.41, 5.74) is 0. The van der Waals surface area contributed by atoms with E-state index in [0.29, 0.717) is 12.5 Å². The van der Waals surface area contributed by atoms with E-state index >= 15 is 0 Å². The first-order valence-corrected chi connectivity index (χ1v) is 4.37. The lowest BCUT2D eigenvalue weighted by atomic mass is 10.4. The SMILES string of the molecule is O=C(O)CCn1cnc(C2CC2)n1. The molecule has 5 heteroatoms. The number of carboxylic acid groups (broad SMARTS) is 1. The Bertz CT molecular complexity index is 317. The van der Waals surface area contributed by atoms with Gasteiger partial charge in [-0.2, -0.15) is 5.10 Å². The lowest BCUT2D eigenvalue weighted by molar-refractivity contribution is -0.137. The predicted octanol–water partition coefficient (Wildman–Crippen LogP) is 0.630. The van der Waals surface area contributed by atoms with E-state index in [1.54, 1.807) is 11.0 Å². The smallest absolute Gasteiger partial charge is 0.305 e. The van der Waals surface area contributed by atoms with E-state index in [1.807, 2.05) is 0 Å². The molecule has 2 rings (SSSR count). The Morgan fingerprint density at radius 3 is 3.08 bits per heavy atom. The first-order chi connectivity index (χ1) is 6.25. The number of aryl methyl sites for hydroxylation is 1. The summed E-state index contributed by atoms with van der Waals surface area (Å²) in [7, 11) is 0. The highest BCUT2D eigenvalue weighted by atomic mass is 16.4. The minimum atomic E-state index is -0.802. The van der Waals surface area contributed by atoms with Crippen LogP contribution < -0.4 is 0 Å². The number of nitrogens with zero attached hydrogens (tertiary/aromatic N) is 3. The van der Waals surface area contributed by atoms with E-state index in [9.17, 15) is 4.79 Å². The molecule has 0 atom stereocenters. The molecule has 1 fully saturated rings. The van der Waals surface area contributed by atoms with Gasteiger partial charge in [0, 0.05) is 5.92 Å². The molecule has 0 radical (unpaired) electrons. The second-order valence-corrected chi connectivity index (χ2v) is 3.28. The van der Waals surface area contributed by atoms with Crippen LogP contribution in [0.3, 0.4) is 0 Å². The van der Waals surface area contributed by atoms with Crippen LogP contribution in [0.1, 0.15) is 31.0 Å². The molecule has 70 valence electrons. The van der Waals surface area contributed by atoms with E-state index in [-0.39, 0.29) is 6.42 Å². The number of aromatic nitrogens is 3. The molecular formula is C8H11N3O2. The standard InChI is InChI=1S/C8H11N3O2/c12-7(13)3-4-11-5-9-8(10-11)6-1-2-6/h5-6H,1-4H2,(H,12,13). The maximum absolute atomic E-state index is 10.3. The molecule has 0 amide bonds. The maximum atomic E-state index is 10.3. The Labute approximate surface area is 75.4 Å². The molecule has 1 aliphatic rings. The van der Waals surface area contributed by atoms with Crippen LogP contribution >= 0.6 is 0 Å². The Balaban J connectivity index is 1.92. The summed E-state index contributed by atoms with van der Waals surface area (Å²) in [6.45, 7) is 0.412. The number of carboxylic acids is 1. The van der Waals surface area contributed by atoms with E-state index in [1.165, 1.54) is 12.8 Å². The van der Waals surface area contributed by atoms with Gasteiger partial charge in [0.1, 0.15) is 6.33 Å². The quantitative estimate of drug-likeness (QED) is 0.739. The van der Waals surface area contributed by atoms with Crippen molar-refractivity contribution in [3.63, 3.8) is 0 Å². The highest BCUT2D eigenvalue weighted by molar-refractivity contribution is 5.66. The van der Waals surface area contributed by atoms with Crippen molar-refractivity contribution >= 4 is 5.97 Å². The summed E-state index contributed by atoms with van der Waals surface area (Å²) in [4.78, 5) is 14.4. The van der Waals surface area contributed by atoms with Gasteiger partial charge < -0.3 is 5.11 Å². The number of aliphatic carboxylic acids is 1. The monoisotopic (exact) mass is 181 g/mol. The summed E-state index contributed by atoms with van der Waals surface area (Å²) in [6.07, 6.45) is 4.05. The lowest BCUT2D eigenvalue weighted by Crippen LogP contribution is -2.05. The largest absolute Gasteiger partial charge is 0.481 e. The minimum absolute atomic E-state index is 0.105. The Hall–Kier alpha value is -1.39. The summed E-state index contributed by atoms with van der Waals surface area (Å²) >= 11 is 0. The van der Waals surface area contributed by atoms with Gasteiger partial charge in [-0.3, -0.25) is 9.48 Å². The summed E-state index contributed by atoms with van der Waals surface area (Å²) in [6, 6.07) is 0. The van der Waals surface area contributed by atoms with E-state index in [0.717, 1.165) is 5.82 Å². The van der Waals surface area contributed by atoms with Crippen molar-refractivity contribution in [1.82, 2.24) is 14.8 Å². The molecule has 0 aromatic carbocycles. The number of carbonyl (C=O) groups is 1. The average molecular weight is 181 g/mol. The van der Waals surface area contributed by atoms with E-state index < -0.39 is 5.97 Å². The maximum Gasteiger partial charge on any atom is 0.305 e. The zero-order valence-corrected chi connectivity index (χ0v) is 7.18. The van der Waals surface area contributed by atoms with E-state index in [4.69, 9.17) is 5.11 Å². The van der Waals surface area contributed by atoms with Crippen molar-refractivity contribution in [2.45, 2.75) is 31.7 Å². The molecule has 0 saturated heterocycles. The summed E-state index contributed by atoms with van der Waals surface area (Å²) < 4.78 is 1.60. The van der Waals surface area contributed by atoms with Gasteiger partial charge in [-0.15, -0.1) is 0 Å². The summed E-state index contributed by atoms with van der Waals surface area (Å²) in [5.74, 6) is 0.597. The van der Waals surface area contributed by atoms with Gasteiger partial charge in [-0.25, -0.2) is 4.98 Å². The van der Waals surface area contributed by atoms with Crippen LogP contribution in [0.4, 0.5) is 0 Å². The number of hydrogen-bond acceptors (Lipinski definition) is 3. The number of hydrogen-bond donors (Lipinski definition) is 1. The molecule has 0 bridgehead atoms. The van der Waals surface area contributed by atoms with E-state index in [2.05, 4.69) is 10.1 Å². The summed E-state index contributed by atoms with van der Waals surface area (Å²) in [5, 5.41) is 12.6. The van der Waals surface area contributed by atoms with Crippen LogP contribution in [0.5, 0.6) is 0 Å². The molecule has 13 heavy (non-hydrogen) atoms. The highest BCUT2D eigenvalue weighted by Crippen LogP contribution is 2.37. The van der Waals surface area contributed by atoms with Gasteiger partial charge >= 0.3 is 5.97 Å². The zero-order chi connectivity index (χ0) is 9.26. The molecule has 1 N–H and O–H groups in total. The fraction of sp³-hybridized carbons (Fsp3) is 0.625. The van der Waals surface area contributed by atoms with Crippen LogP contribution in [0.25, 0.3) is 0 Å². The normalized spacial score (nSPS) is 16.0. The molecule has 0 aliphatic heterocycles. The van der Waals surface area contributed by atoms with Crippen molar-refractivity contribution in [3.05, 3.63) is 12.2 Å². The fourth-order valence-electron chi connectivity index (χ4n) is 1.16. The van der Waals surface area contributed by atoms with Crippen molar-refractivity contribution in [2.75, 3.05) is 0 Å². The van der Waals surface area contributed by atoms with Gasteiger partial charge in [0.2, 0.25) is 0 Å². The van der Waals surface area contributed by atoms with Crippen LogP contribution in [0, 0.1) is 0 Å². The zero-order valence-electron chi connectivity index (χ0n) is 7.18. The molecule has 0 unspecified atom stereocenters. The first kappa shape index (κ1) is 8.22. The first-order valence-electron chi connectivity index (χ1n) is 4.37. The molecule has 1 saturated carbocycles. The van der Waals surface area contributed by atoms with Gasteiger partial charge in [0.15, 0.2) is 5.82 Å². The highest BCUT2D eigenvalue weighted by Gasteiger charge is 2.27. The third-order valence-corrected chi connectivity index (χ3v) is 2.05. The Kier molecular flexibility index (Phi) is 2.00. The van der Waals surface area contributed by atoms with Crippen LogP contribution in [-0.2, 0) is 11.3 Å². The van der Waals surface area contributed by atoms with Crippen LogP contribution in [0.2, 0.25) is 0 Å². The van der Waals surface area contributed by atoms with Crippen LogP contribution in [-0.4, -0.2) is 25.8 Å². The lowest BCUT2D eigenvalue weighted by Gasteiger charge is -1.94. The average Bonchev–Trinajstić information content (AvgIpc) is 2.83. The van der Waals surface area contributed by atoms with Gasteiger partial charge in [-0.05, 0) is 12.8 Å². The predicted molar refractivity (Wildman–Crippen MR) is 44.2 cm³/mol. The fourth-order valence-corrected chi connectivity index (χ4v) is 1.16. The third-order valence-electron chi connectivity index (χ3n) is 2.05. The van der Waals surface area contributed by atoms with Gasteiger partial charge in [-0.1, -0.05) is 0 Å². The van der Waals surface area contributed by atoms with Crippen molar-refractivity contribution in [3.8, 4) is 0 Å². The molecule has 1 aromatic heterocycles. The molecule has 1 aliphatic carbocycles. The van der Waals surface area contributed by atoms with Crippen molar-refractivity contribution < 1.29 is 9.90 Å². The van der Waals surface area contributed by atoms with Crippen molar-refractivity contribution in [2.24, 2.45) is 0 Å². The molecular weight excluding hydrogens is 170 g/mol. The van der Waals surface area contributed by atoms with Gasteiger partial charge in [0.25, 0.3) is 0 Å². The second-order valence-electron chi connectivity index (χ2n) is 3.28. The molecule has 1 aromatic rings. The number of rotatable bonds is 4. The van der Waals surface area contributed by atoms with Crippen molar-refractivity contribution in [1.29, 1.82) is 0 Å². The Morgan fingerprint density at radius 1 is 1.69 bits per heavy atom.